The van der Waals surface area contributed by atoms with Gasteiger partial charge >= 0.3 is 5.63 Å². The number of fused-ring (bicyclic) bond motifs is 1. The van der Waals surface area contributed by atoms with E-state index in [0.29, 0.717) is 22.2 Å². The van der Waals surface area contributed by atoms with E-state index in [1.54, 1.807) is 30.3 Å². The second kappa shape index (κ2) is 21.5. The Balaban J connectivity index is 1.39. The van der Waals surface area contributed by atoms with Crippen molar-refractivity contribution in [1.29, 1.82) is 0 Å². The van der Waals surface area contributed by atoms with Gasteiger partial charge in [-0.25, -0.2) is 9.79 Å². The average molecular weight is 872 g/mol. The number of amides is 6. The van der Waals surface area contributed by atoms with Gasteiger partial charge in [-0.05, 0) is 47.4 Å². The molecule has 0 aliphatic carbocycles. The molecule has 1 aliphatic rings. The summed E-state index contributed by atoms with van der Waals surface area (Å²) >= 11 is 0. The molecule has 1 fully saturated rings. The molecular formula is C42H49N9O10S. The Bertz CT molecular complexity index is 2410. The van der Waals surface area contributed by atoms with Crippen molar-refractivity contribution >= 4 is 74.5 Å². The van der Waals surface area contributed by atoms with Crippen LogP contribution in [0.5, 0.6) is 0 Å². The molecule has 5 rings (SSSR count). The van der Waals surface area contributed by atoms with Crippen LogP contribution in [0.3, 0.4) is 0 Å². The van der Waals surface area contributed by atoms with Crippen molar-refractivity contribution in [2.24, 2.45) is 22.2 Å². The van der Waals surface area contributed by atoms with Crippen molar-refractivity contribution in [2.45, 2.75) is 63.4 Å². The SMILES string of the molecule is CC(=O)N[C@@H](CCS(C)=O)C(=O)NCC(=O)N1CC(OCc2ccccc2)C[C@H]1C(=O)N[C@@H](Cc1ccc(N=C(N)N)cc1)C(=O)Nc1ccc2c(CC(N)=O)cc(=O)oc2c1. The number of hydrogen-bond acceptors (Lipinski definition) is 11. The third kappa shape index (κ3) is 13.5. The summed E-state index contributed by atoms with van der Waals surface area (Å²) in [6.07, 6.45) is 0.719. The number of nitrogens with zero attached hydrogens (tertiary/aromatic N) is 2. The Hall–Kier alpha value is -6.93. The predicted molar refractivity (Wildman–Crippen MR) is 231 cm³/mol. The summed E-state index contributed by atoms with van der Waals surface area (Å²) in [5.41, 5.74) is 18.2. The van der Waals surface area contributed by atoms with E-state index < -0.39 is 82.6 Å². The highest BCUT2D eigenvalue weighted by atomic mass is 32.2. The minimum atomic E-state index is -1.25. The smallest absolute Gasteiger partial charge is 0.336 e. The number of nitrogens with two attached hydrogens (primary N) is 3. The van der Waals surface area contributed by atoms with E-state index in [2.05, 4.69) is 26.3 Å². The molecule has 4 aromatic rings. The molecule has 5 atom stereocenters. The van der Waals surface area contributed by atoms with Crippen molar-refractivity contribution in [3.63, 3.8) is 0 Å². The largest absolute Gasteiger partial charge is 0.423 e. The molecule has 0 spiro atoms. The summed E-state index contributed by atoms with van der Waals surface area (Å²) in [5, 5.41) is 11.0. The first kappa shape index (κ1) is 46.1. The molecule has 0 bridgehead atoms. The number of nitrogens with one attached hydrogen (secondary N) is 4. The average Bonchev–Trinajstić information content (AvgIpc) is 3.65. The van der Waals surface area contributed by atoms with Crippen molar-refractivity contribution in [3.8, 4) is 0 Å². The van der Waals surface area contributed by atoms with Gasteiger partial charge in [-0.3, -0.25) is 33.0 Å². The highest BCUT2D eigenvalue weighted by molar-refractivity contribution is 7.84. The van der Waals surface area contributed by atoms with Crippen molar-refractivity contribution in [1.82, 2.24) is 20.9 Å². The van der Waals surface area contributed by atoms with E-state index >= 15 is 0 Å². The monoisotopic (exact) mass is 871 g/mol. The van der Waals surface area contributed by atoms with Crippen LogP contribution in [0.1, 0.15) is 36.5 Å². The summed E-state index contributed by atoms with van der Waals surface area (Å²) in [5.74, 6) is -3.82. The number of primary amides is 1. The number of guanidine groups is 1. The van der Waals surface area contributed by atoms with Gasteiger partial charge in [0.25, 0.3) is 0 Å². The third-order valence-electron chi connectivity index (χ3n) is 9.75. The predicted octanol–water partition coefficient (Wildman–Crippen LogP) is -0.0325. The second-order valence-corrected chi connectivity index (χ2v) is 16.2. The zero-order chi connectivity index (χ0) is 44.9. The van der Waals surface area contributed by atoms with E-state index in [-0.39, 0.29) is 61.8 Å². The zero-order valence-electron chi connectivity index (χ0n) is 34.1. The van der Waals surface area contributed by atoms with Crippen molar-refractivity contribution in [2.75, 3.05) is 30.4 Å². The highest BCUT2D eigenvalue weighted by Gasteiger charge is 2.41. The summed E-state index contributed by atoms with van der Waals surface area (Å²) in [6.45, 7) is 0.862. The van der Waals surface area contributed by atoms with Gasteiger partial charge in [0.15, 0.2) is 5.96 Å². The first-order valence-electron chi connectivity index (χ1n) is 19.5. The van der Waals surface area contributed by atoms with Crippen LogP contribution in [-0.4, -0.2) is 99.8 Å². The lowest BCUT2D eigenvalue weighted by Gasteiger charge is -2.27. The number of benzene rings is 3. The fraction of sp³-hybridized carbons (Fsp3) is 0.333. The van der Waals surface area contributed by atoms with Crippen LogP contribution in [-0.2, 0) is 63.8 Å². The number of carbonyl (C=O) groups is 6. The van der Waals surface area contributed by atoms with Gasteiger partial charge in [0.05, 0.1) is 31.4 Å². The Morgan fingerprint density at radius 1 is 0.919 bits per heavy atom. The normalized spacial score (nSPS) is 16.1. The molecule has 1 saturated heterocycles. The number of ether oxygens (including phenoxy) is 1. The van der Waals surface area contributed by atoms with E-state index in [1.165, 1.54) is 30.2 Å². The van der Waals surface area contributed by atoms with Crippen molar-refractivity contribution in [3.05, 3.63) is 106 Å². The van der Waals surface area contributed by atoms with Crippen LogP contribution in [0.15, 0.2) is 93.1 Å². The molecule has 10 N–H and O–H groups in total. The van der Waals surface area contributed by atoms with Gasteiger partial charge in [-0.1, -0.05) is 42.5 Å². The van der Waals surface area contributed by atoms with Gasteiger partial charge in [0.2, 0.25) is 35.4 Å². The maximum Gasteiger partial charge on any atom is 0.336 e. The van der Waals surface area contributed by atoms with Crippen LogP contribution >= 0.6 is 0 Å². The number of anilines is 1. The summed E-state index contributed by atoms with van der Waals surface area (Å²) < 4.78 is 23.2. The molecular weight excluding hydrogens is 823 g/mol. The summed E-state index contributed by atoms with van der Waals surface area (Å²) in [7, 11) is -1.25. The lowest BCUT2D eigenvalue weighted by atomic mass is 10.0. The van der Waals surface area contributed by atoms with Crippen LogP contribution < -0.4 is 44.1 Å². The highest BCUT2D eigenvalue weighted by Crippen LogP contribution is 2.25. The molecule has 1 aromatic heterocycles. The molecule has 3 aromatic carbocycles. The number of rotatable bonds is 19. The Morgan fingerprint density at radius 2 is 1.65 bits per heavy atom. The number of likely N-dealkylation sites (tertiary alicyclic amines) is 1. The maximum atomic E-state index is 14.3. The van der Waals surface area contributed by atoms with Gasteiger partial charge in [-0.2, -0.15) is 0 Å². The molecule has 328 valence electrons. The number of carbonyl (C=O) groups excluding carboxylic acids is 6. The lowest BCUT2D eigenvalue weighted by Crippen LogP contribution is -2.54. The first-order chi connectivity index (χ1) is 29.5. The molecule has 0 saturated carbocycles. The van der Waals surface area contributed by atoms with Crippen LogP contribution in [0.4, 0.5) is 11.4 Å². The molecule has 2 unspecified atom stereocenters. The van der Waals surface area contributed by atoms with E-state index in [0.717, 1.165) is 11.6 Å². The molecule has 6 amide bonds. The van der Waals surface area contributed by atoms with Gasteiger partial charge in [0.1, 0.15) is 23.7 Å². The van der Waals surface area contributed by atoms with Gasteiger partial charge in [0, 0.05) is 72.3 Å². The van der Waals surface area contributed by atoms with Gasteiger partial charge in [-0.15, -0.1) is 0 Å². The maximum absolute atomic E-state index is 14.3. The summed E-state index contributed by atoms with van der Waals surface area (Å²) in [6, 6.07) is 18.1. The van der Waals surface area contributed by atoms with Gasteiger partial charge < -0.3 is 52.5 Å². The first-order valence-corrected chi connectivity index (χ1v) is 21.2. The topological polar surface area (TPSA) is 301 Å². The van der Waals surface area contributed by atoms with Crippen LogP contribution in [0.25, 0.3) is 11.0 Å². The van der Waals surface area contributed by atoms with Crippen molar-refractivity contribution < 1.29 is 42.1 Å². The Labute approximate surface area is 358 Å². The van der Waals surface area contributed by atoms with Crippen LogP contribution in [0, 0.1) is 0 Å². The number of hydrogen-bond donors (Lipinski definition) is 7. The molecule has 62 heavy (non-hydrogen) atoms. The summed E-state index contributed by atoms with van der Waals surface area (Å²) in [4.78, 5) is 96.4. The molecule has 20 heteroatoms. The standard InChI is InChI=1S/C42H49N9O10S/c1-24(52)47-32(14-15-62(2)59)39(56)46-21-37(54)51-22-30(60-23-26-6-4-3-5-7-26)20-34(51)41(58)50-33(16-25-8-10-28(11-9-25)49-42(44)45)40(57)48-29-12-13-31-27(17-36(43)53)18-38(55)61-35(31)19-29/h3-13,18-19,30,32-34H,14-17,20-23H2,1-2H3,(H2,43,53)(H,46,56)(H,47,52)(H,48,57)(H,50,58)(H4,44,45,49)/t30?,32-,33-,34-,62?/m0/s1. The molecule has 2 heterocycles. The Kier molecular flexibility index (Phi) is 16.0. The van der Waals surface area contributed by atoms with E-state index in [9.17, 15) is 37.8 Å². The van der Waals surface area contributed by atoms with E-state index in [4.69, 9.17) is 26.4 Å². The fourth-order valence-corrected chi connectivity index (χ4v) is 7.42. The molecule has 1 aliphatic heterocycles. The fourth-order valence-electron chi connectivity index (χ4n) is 6.86. The minimum absolute atomic E-state index is 0.0211. The van der Waals surface area contributed by atoms with Crippen LogP contribution in [0.2, 0.25) is 0 Å². The second-order valence-electron chi connectivity index (χ2n) is 14.7. The Morgan fingerprint density at radius 3 is 2.31 bits per heavy atom. The molecule has 19 nitrogen and oxygen atoms in total. The van der Waals surface area contributed by atoms with E-state index in [1.807, 2.05) is 30.3 Å². The quantitative estimate of drug-likeness (QED) is 0.0371. The third-order valence-corrected chi connectivity index (χ3v) is 10.6. The minimum Gasteiger partial charge on any atom is -0.423 e. The molecule has 0 radical (unpaired) electrons. The lowest BCUT2D eigenvalue weighted by molar-refractivity contribution is -0.139. The zero-order valence-corrected chi connectivity index (χ0v) is 34.9. The number of aliphatic imine (C=N–C) groups is 1.